The van der Waals surface area contributed by atoms with Gasteiger partial charge in [-0.15, -0.1) is 0 Å². The van der Waals surface area contributed by atoms with E-state index in [2.05, 4.69) is 22.5 Å². The van der Waals surface area contributed by atoms with Gasteiger partial charge in [0.2, 0.25) is 5.91 Å². The molecule has 0 fully saturated rings. The molecule has 0 aliphatic carbocycles. The lowest BCUT2D eigenvalue weighted by Crippen LogP contribution is -2.43. The molecule has 0 spiro atoms. The lowest BCUT2D eigenvalue weighted by atomic mass is 10.1. The molecule has 0 saturated carbocycles. The molecule has 7 heteroatoms. The number of anilines is 1. The second-order valence-electron chi connectivity index (χ2n) is 5.27. The fourth-order valence-corrected chi connectivity index (χ4v) is 1.92. The van der Waals surface area contributed by atoms with Crippen molar-refractivity contribution in [2.24, 2.45) is 0 Å². The van der Waals surface area contributed by atoms with Gasteiger partial charge in [-0.3, -0.25) is 4.79 Å². The Morgan fingerprint density at radius 3 is 2.27 bits per heavy atom. The molecule has 4 N–H and O–H groups in total. The maximum atomic E-state index is 12.0. The third-order valence-corrected chi connectivity index (χ3v) is 3.47. The Bertz CT molecular complexity index is 502. The molecular weight excluding hydrogens is 286 g/mol. The number of carbonyl (C=O) groups excluding carboxylic acids is 1. The first-order valence-corrected chi connectivity index (χ1v) is 7.02. The van der Waals surface area contributed by atoms with Crippen LogP contribution in [0.3, 0.4) is 0 Å². The Hall–Kier alpha value is -2.12. The smallest absolute Gasteiger partial charge is 0.405 e. The first-order chi connectivity index (χ1) is 10.3. The van der Waals surface area contributed by atoms with Crippen molar-refractivity contribution in [3.63, 3.8) is 0 Å². The molecule has 1 aromatic carbocycles. The molecule has 0 aliphatic rings. The van der Waals surface area contributed by atoms with Crippen LogP contribution < -0.4 is 10.6 Å². The molecule has 1 aromatic rings. The quantitative estimate of drug-likeness (QED) is 0.607. The number of rotatable bonds is 7. The summed E-state index contributed by atoms with van der Waals surface area (Å²) in [6.07, 6.45) is -1.28. The van der Waals surface area contributed by atoms with Crippen molar-refractivity contribution in [3.8, 4) is 0 Å². The first-order valence-electron chi connectivity index (χ1n) is 7.02. The zero-order chi connectivity index (χ0) is 16.7. The van der Waals surface area contributed by atoms with Crippen molar-refractivity contribution < 1.29 is 19.8 Å². The van der Waals surface area contributed by atoms with Gasteiger partial charge in [0.1, 0.15) is 6.04 Å². The summed E-state index contributed by atoms with van der Waals surface area (Å²) in [5.41, 5.74) is 1.69. The van der Waals surface area contributed by atoms with Crippen LogP contribution in [0.4, 0.5) is 10.5 Å². The van der Waals surface area contributed by atoms with E-state index in [0.717, 1.165) is 5.56 Å². The van der Waals surface area contributed by atoms with Gasteiger partial charge in [-0.25, -0.2) is 4.79 Å². The maximum Gasteiger partial charge on any atom is 0.405 e. The molecule has 122 valence electrons. The summed E-state index contributed by atoms with van der Waals surface area (Å²) < 4.78 is 0. The summed E-state index contributed by atoms with van der Waals surface area (Å²) in [7, 11) is 3.97. The minimum absolute atomic E-state index is 0.0217. The van der Waals surface area contributed by atoms with E-state index in [4.69, 9.17) is 10.2 Å². The average Bonchev–Trinajstić information content (AvgIpc) is 2.46. The Labute approximate surface area is 129 Å². The van der Waals surface area contributed by atoms with E-state index in [1.54, 1.807) is 12.1 Å². The normalized spacial score (nSPS) is 13.5. The summed E-state index contributed by atoms with van der Waals surface area (Å²) >= 11 is 0. The summed E-state index contributed by atoms with van der Waals surface area (Å²) in [5, 5.41) is 22.3. The highest BCUT2D eigenvalue weighted by atomic mass is 16.4. The highest BCUT2D eigenvalue weighted by molar-refractivity contribution is 5.96. The van der Waals surface area contributed by atoms with Gasteiger partial charge >= 0.3 is 6.09 Å². The zero-order valence-electron chi connectivity index (χ0n) is 13.0. The van der Waals surface area contributed by atoms with E-state index in [1.165, 1.54) is 0 Å². The van der Waals surface area contributed by atoms with E-state index in [0.29, 0.717) is 5.69 Å². The predicted molar refractivity (Wildman–Crippen MR) is 83.8 cm³/mol. The van der Waals surface area contributed by atoms with Crippen LogP contribution in [0.5, 0.6) is 0 Å². The molecular formula is C15H23N3O4. The van der Waals surface area contributed by atoms with Crippen molar-refractivity contribution in [2.45, 2.75) is 25.4 Å². The zero-order valence-corrected chi connectivity index (χ0v) is 13.0. The van der Waals surface area contributed by atoms with Gasteiger partial charge in [-0.1, -0.05) is 12.1 Å². The van der Waals surface area contributed by atoms with Crippen molar-refractivity contribution in [1.82, 2.24) is 10.2 Å². The largest absolute Gasteiger partial charge is 0.465 e. The summed E-state index contributed by atoms with van der Waals surface area (Å²) in [6.45, 7) is 1.79. The highest BCUT2D eigenvalue weighted by Gasteiger charge is 2.20. The number of aliphatic hydroxyl groups is 1. The second-order valence-corrected chi connectivity index (χ2v) is 5.27. The van der Waals surface area contributed by atoms with Crippen LogP contribution in [-0.2, 0) is 4.79 Å². The predicted octanol–water partition coefficient (Wildman–Crippen LogP) is 1.27. The van der Waals surface area contributed by atoms with Gasteiger partial charge in [-0.05, 0) is 45.1 Å². The number of amides is 2. The number of aliphatic hydroxyl groups excluding tert-OH is 1. The van der Waals surface area contributed by atoms with E-state index in [9.17, 15) is 9.59 Å². The van der Waals surface area contributed by atoms with Gasteiger partial charge in [0.15, 0.2) is 0 Å². The number of carbonyl (C=O) groups is 2. The molecule has 0 aliphatic heterocycles. The van der Waals surface area contributed by atoms with Crippen LogP contribution in [0.2, 0.25) is 0 Å². The van der Waals surface area contributed by atoms with Crippen LogP contribution in [0.1, 0.15) is 24.9 Å². The van der Waals surface area contributed by atoms with Gasteiger partial charge in [-0.2, -0.15) is 0 Å². The van der Waals surface area contributed by atoms with Crippen molar-refractivity contribution in [1.29, 1.82) is 0 Å². The second kappa shape index (κ2) is 8.35. The molecule has 1 rings (SSSR count). The molecule has 0 saturated heterocycles. The third kappa shape index (κ3) is 5.34. The van der Waals surface area contributed by atoms with Gasteiger partial charge in [0, 0.05) is 18.3 Å². The molecule has 2 atom stereocenters. The monoisotopic (exact) mass is 309 g/mol. The summed E-state index contributed by atoms with van der Waals surface area (Å²) in [4.78, 5) is 24.7. The SMILES string of the molecule is C[C@@H](c1ccc(NC(=O)[C@H](CCO)NC(=O)O)cc1)N(C)C. The lowest BCUT2D eigenvalue weighted by molar-refractivity contribution is -0.118. The van der Waals surface area contributed by atoms with Crippen molar-refractivity contribution >= 4 is 17.7 Å². The molecule has 22 heavy (non-hydrogen) atoms. The standard InChI is InChI=1S/C15H23N3O4/c1-10(18(2)3)11-4-6-12(7-5-11)16-14(20)13(8-9-19)17-15(21)22/h4-7,10,13,17,19H,8-9H2,1-3H3,(H,16,20)(H,21,22)/t10-,13-/m0/s1. The van der Waals surface area contributed by atoms with Gasteiger partial charge in [0.25, 0.3) is 0 Å². The number of hydrogen-bond acceptors (Lipinski definition) is 4. The van der Waals surface area contributed by atoms with E-state index in [1.807, 2.05) is 26.2 Å². The molecule has 0 bridgehead atoms. The van der Waals surface area contributed by atoms with Crippen LogP contribution in [0.15, 0.2) is 24.3 Å². The maximum absolute atomic E-state index is 12.0. The molecule has 2 amide bonds. The Kier molecular flexibility index (Phi) is 6.81. The Morgan fingerprint density at radius 1 is 1.23 bits per heavy atom. The topological polar surface area (TPSA) is 102 Å². The van der Waals surface area contributed by atoms with Crippen LogP contribution in [0, 0.1) is 0 Å². The molecule has 0 aromatic heterocycles. The average molecular weight is 309 g/mol. The van der Waals surface area contributed by atoms with E-state index >= 15 is 0 Å². The number of carboxylic acid groups (broad SMARTS) is 1. The van der Waals surface area contributed by atoms with Crippen LogP contribution >= 0.6 is 0 Å². The van der Waals surface area contributed by atoms with Crippen LogP contribution in [-0.4, -0.2) is 53.9 Å². The summed E-state index contributed by atoms with van der Waals surface area (Å²) in [6, 6.07) is 6.62. The Balaban J connectivity index is 2.72. The van der Waals surface area contributed by atoms with E-state index in [-0.39, 0.29) is 19.1 Å². The minimum Gasteiger partial charge on any atom is -0.465 e. The molecule has 0 heterocycles. The lowest BCUT2D eigenvalue weighted by Gasteiger charge is -2.20. The molecule has 7 nitrogen and oxygen atoms in total. The summed E-state index contributed by atoms with van der Waals surface area (Å²) in [5.74, 6) is -0.496. The van der Waals surface area contributed by atoms with Crippen molar-refractivity contribution in [2.75, 3.05) is 26.0 Å². The van der Waals surface area contributed by atoms with Gasteiger partial charge < -0.3 is 25.7 Å². The first kappa shape index (κ1) is 17.9. The third-order valence-electron chi connectivity index (χ3n) is 3.47. The number of nitrogens with one attached hydrogen (secondary N) is 2. The fourth-order valence-electron chi connectivity index (χ4n) is 1.92. The van der Waals surface area contributed by atoms with E-state index < -0.39 is 18.0 Å². The van der Waals surface area contributed by atoms with Crippen molar-refractivity contribution in [3.05, 3.63) is 29.8 Å². The minimum atomic E-state index is -1.30. The fraction of sp³-hybridized carbons (Fsp3) is 0.467. The van der Waals surface area contributed by atoms with Crippen LogP contribution in [0.25, 0.3) is 0 Å². The number of hydrogen-bond donors (Lipinski definition) is 4. The Morgan fingerprint density at radius 2 is 1.82 bits per heavy atom. The van der Waals surface area contributed by atoms with Gasteiger partial charge in [0.05, 0.1) is 0 Å². The number of nitrogens with zero attached hydrogens (tertiary/aromatic N) is 1. The molecule has 0 unspecified atom stereocenters. The molecule has 0 radical (unpaired) electrons. The highest BCUT2D eigenvalue weighted by Crippen LogP contribution is 2.19. The number of benzene rings is 1.